The van der Waals surface area contributed by atoms with Gasteiger partial charge in [-0.1, -0.05) is 37.6 Å². The highest BCUT2D eigenvalue weighted by Gasteiger charge is 2.22. The van der Waals surface area contributed by atoms with Crippen LogP contribution < -0.4 is 10.6 Å². The normalized spacial score (nSPS) is 17.2. The lowest BCUT2D eigenvalue weighted by molar-refractivity contribution is 0.0951. The molecule has 1 aliphatic heterocycles. The van der Waals surface area contributed by atoms with Crippen LogP contribution in [0.5, 0.6) is 0 Å². The van der Waals surface area contributed by atoms with Crippen molar-refractivity contribution < 1.29 is 4.79 Å². The van der Waals surface area contributed by atoms with E-state index in [1.807, 2.05) is 37.5 Å². The van der Waals surface area contributed by atoms with E-state index in [0.717, 1.165) is 47.6 Å². The predicted octanol–water partition coefficient (Wildman–Crippen LogP) is 5.31. The highest BCUT2D eigenvalue weighted by atomic mass is 35.5. The van der Waals surface area contributed by atoms with Crippen molar-refractivity contribution in [1.29, 1.82) is 0 Å². The summed E-state index contributed by atoms with van der Waals surface area (Å²) in [6.07, 6.45) is 7.17. The van der Waals surface area contributed by atoms with Gasteiger partial charge in [0.25, 0.3) is 5.91 Å². The number of carbonyl (C=O) groups excluding carboxylic acids is 1. The molecule has 1 fully saturated rings. The molecule has 4 rings (SSSR count). The Kier molecular flexibility index (Phi) is 7.17. The number of nitrogens with one attached hydrogen (secondary N) is 2. The minimum absolute atomic E-state index is 0.0352. The minimum Gasteiger partial charge on any atom is -0.351 e. The van der Waals surface area contributed by atoms with Crippen molar-refractivity contribution in [3.05, 3.63) is 64.4 Å². The molecule has 2 aromatic heterocycles. The average Bonchev–Trinajstić information content (AvgIpc) is 3.41. The number of halogens is 1. The Hall–Kier alpha value is -2.37. The molecule has 5 nitrogen and oxygen atoms in total. The summed E-state index contributed by atoms with van der Waals surface area (Å²) in [5.41, 5.74) is 3.88. The van der Waals surface area contributed by atoms with Crippen LogP contribution in [0.4, 0.5) is 0 Å². The fraction of sp³-hybridized carbons (Fsp3) is 0.462. The number of benzene rings is 1. The average molecular weight is 453 g/mol. The molecule has 1 aromatic carbocycles. The summed E-state index contributed by atoms with van der Waals surface area (Å²) in [7, 11) is 0. The van der Waals surface area contributed by atoms with Gasteiger partial charge >= 0.3 is 0 Å². The lowest BCUT2D eigenvalue weighted by Crippen LogP contribution is -2.29. The second-order valence-electron chi connectivity index (χ2n) is 9.40. The number of fused-ring (bicyclic) bond motifs is 1. The fourth-order valence-corrected chi connectivity index (χ4v) is 4.92. The SMILES string of the molecule is Cc1ccnc2c1c(C(=O)NCC(CC(C)C)c1ccc(Cl)cc1)cn2C[C@@H]1CCCN1. The predicted molar refractivity (Wildman–Crippen MR) is 131 cm³/mol. The van der Waals surface area contributed by atoms with Gasteiger partial charge in [-0.25, -0.2) is 4.98 Å². The van der Waals surface area contributed by atoms with Crippen LogP contribution in [0.25, 0.3) is 11.0 Å². The summed E-state index contributed by atoms with van der Waals surface area (Å²) >= 11 is 6.08. The van der Waals surface area contributed by atoms with E-state index in [-0.39, 0.29) is 11.8 Å². The summed E-state index contributed by atoms with van der Waals surface area (Å²) in [6.45, 7) is 8.96. The first-order valence-corrected chi connectivity index (χ1v) is 12.0. The fourth-order valence-electron chi connectivity index (χ4n) is 4.79. The van der Waals surface area contributed by atoms with Crippen LogP contribution in [-0.2, 0) is 6.54 Å². The molecule has 2 atom stereocenters. The number of carbonyl (C=O) groups is 1. The van der Waals surface area contributed by atoms with E-state index in [9.17, 15) is 4.79 Å². The highest BCUT2D eigenvalue weighted by Crippen LogP contribution is 2.27. The molecule has 1 amide bonds. The zero-order chi connectivity index (χ0) is 22.7. The lowest BCUT2D eigenvalue weighted by atomic mass is 9.90. The van der Waals surface area contributed by atoms with Gasteiger partial charge in [0, 0.05) is 47.9 Å². The topological polar surface area (TPSA) is 59.0 Å². The summed E-state index contributed by atoms with van der Waals surface area (Å²) in [6, 6.07) is 10.4. The van der Waals surface area contributed by atoms with Crippen LogP contribution in [0, 0.1) is 12.8 Å². The van der Waals surface area contributed by atoms with Gasteiger partial charge < -0.3 is 15.2 Å². The molecule has 0 saturated carbocycles. The molecule has 1 saturated heterocycles. The number of nitrogens with zero attached hydrogens (tertiary/aromatic N) is 2. The van der Waals surface area contributed by atoms with Crippen LogP contribution in [-0.4, -0.2) is 34.6 Å². The molecule has 0 radical (unpaired) electrons. The molecular weight excluding hydrogens is 420 g/mol. The van der Waals surface area contributed by atoms with Crippen molar-refractivity contribution in [1.82, 2.24) is 20.2 Å². The third-order valence-electron chi connectivity index (χ3n) is 6.40. The van der Waals surface area contributed by atoms with Crippen molar-refractivity contribution in [3.8, 4) is 0 Å². The molecule has 0 aliphatic carbocycles. The molecule has 1 aliphatic rings. The van der Waals surface area contributed by atoms with Gasteiger partial charge in [0.2, 0.25) is 0 Å². The second-order valence-corrected chi connectivity index (χ2v) is 9.84. The molecule has 2 N–H and O–H groups in total. The van der Waals surface area contributed by atoms with Crippen molar-refractivity contribution in [2.45, 2.75) is 58.5 Å². The Bertz CT molecular complexity index is 1070. The van der Waals surface area contributed by atoms with Crippen LogP contribution in [0.1, 0.15) is 60.5 Å². The number of hydrogen-bond acceptors (Lipinski definition) is 3. The quantitative estimate of drug-likeness (QED) is 0.487. The standard InChI is InChI=1S/C26H33ClN4O/c1-17(2)13-20(19-6-8-21(27)9-7-19)14-30-26(32)23-16-31(15-22-5-4-11-28-22)25-24(23)18(3)10-12-29-25/h6-10,12,16-17,20,22,28H,4-5,11,13-15H2,1-3H3,(H,30,32)/t20?,22-/m0/s1. The third-order valence-corrected chi connectivity index (χ3v) is 6.65. The van der Waals surface area contributed by atoms with Gasteiger partial charge in [0.1, 0.15) is 5.65 Å². The first-order chi connectivity index (χ1) is 15.4. The van der Waals surface area contributed by atoms with Crippen LogP contribution in [0.2, 0.25) is 5.02 Å². The molecular formula is C26H33ClN4O. The number of aromatic nitrogens is 2. The number of hydrogen-bond donors (Lipinski definition) is 2. The zero-order valence-corrected chi connectivity index (χ0v) is 20.0. The second kappa shape index (κ2) is 10.1. The van der Waals surface area contributed by atoms with Crippen LogP contribution in [0.3, 0.4) is 0 Å². The molecule has 6 heteroatoms. The van der Waals surface area contributed by atoms with Crippen LogP contribution in [0.15, 0.2) is 42.7 Å². The van der Waals surface area contributed by atoms with Crippen LogP contribution >= 0.6 is 11.6 Å². The highest BCUT2D eigenvalue weighted by molar-refractivity contribution is 6.30. The van der Waals surface area contributed by atoms with Crippen molar-refractivity contribution in [2.75, 3.05) is 13.1 Å². The van der Waals surface area contributed by atoms with Gasteiger partial charge in [0.05, 0.1) is 5.56 Å². The first-order valence-electron chi connectivity index (χ1n) is 11.6. The molecule has 32 heavy (non-hydrogen) atoms. The van der Waals surface area contributed by atoms with E-state index in [1.54, 1.807) is 0 Å². The molecule has 3 heterocycles. The Morgan fingerprint density at radius 1 is 1.28 bits per heavy atom. The summed E-state index contributed by atoms with van der Waals surface area (Å²) in [5, 5.41) is 8.44. The maximum atomic E-state index is 13.3. The maximum Gasteiger partial charge on any atom is 0.253 e. The maximum absolute atomic E-state index is 13.3. The Morgan fingerprint density at radius 3 is 2.75 bits per heavy atom. The van der Waals surface area contributed by atoms with Gasteiger partial charge in [-0.2, -0.15) is 0 Å². The number of aryl methyl sites for hydroxylation is 1. The van der Waals surface area contributed by atoms with Gasteiger partial charge in [-0.15, -0.1) is 0 Å². The van der Waals surface area contributed by atoms with Gasteiger partial charge in [-0.3, -0.25) is 4.79 Å². The monoisotopic (exact) mass is 452 g/mol. The molecule has 0 spiro atoms. The third kappa shape index (κ3) is 5.16. The van der Waals surface area contributed by atoms with E-state index >= 15 is 0 Å². The first kappa shape index (κ1) is 22.8. The largest absolute Gasteiger partial charge is 0.351 e. The summed E-state index contributed by atoms with van der Waals surface area (Å²) < 4.78 is 2.14. The molecule has 1 unspecified atom stereocenters. The Morgan fingerprint density at radius 2 is 2.06 bits per heavy atom. The summed E-state index contributed by atoms with van der Waals surface area (Å²) in [5.74, 6) is 0.735. The van der Waals surface area contributed by atoms with Gasteiger partial charge in [-0.05, 0) is 68.0 Å². The smallest absolute Gasteiger partial charge is 0.253 e. The molecule has 3 aromatic rings. The molecule has 170 valence electrons. The summed E-state index contributed by atoms with van der Waals surface area (Å²) in [4.78, 5) is 18.0. The van der Waals surface area contributed by atoms with Gasteiger partial charge in [0.15, 0.2) is 0 Å². The lowest BCUT2D eigenvalue weighted by Gasteiger charge is -2.20. The number of rotatable bonds is 8. The van der Waals surface area contributed by atoms with E-state index in [4.69, 9.17) is 11.6 Å². The Labute approximate surface area is 195 Å². The van der Waals surface area contributed by atoms with E-state index < -0.39 is 0 Å². The zero-order valence-electron chi connectivity index (χ0n) is 19.2. The molecule has 0 bridgehead atoms. The minimum atomic E-state index is -0.0352. The van der Waals surface area contributed by atoms with E-state index in [0.29, 0.717) is 24.1 Å². The number of amides is 1. The van der Waals surface area contributed by atoms with E-state index in [2.05, 4.69) is 46.2 Å². The van der Waals surface area contributed by atoms with Crippen molar-refractivity contribution in [3.63, 3.8) is 0 Å². The van der Waals surface area contributed by atoms with E-state index in [1.165, 1.54) is 12.0 Å². The van der Waals surface area contributed by atoms with Crippen molar-refractivity contribution in [2.24, 2.45) is 5.92 Å². The number of pyridine rings is 1. The Balaban J connectivity index is 1.56. The van der Waals surface area contributed by atoms with Crippen molar-refractivity contribution >= 4 is 28.5 Å².